The SMILES string of the molecule is [13CH3][13CH2][13CH2][13CH2][13CH2][13CH2]/[13CH]=[13CH]\[13CH2][13CH2][13CH2][13CH2][13CH2][13CH2][13CH2][13C](=O)O. The molecule has 0 aromatic heterocycles. The highest BCUT2D eigenvalue weighted by molar-refractivity contribution is 5.66. The molecule has 0 aliphatic heterocycles. The lowest BCUT2D eigenvalue weighted by atomic mass is 11.1. The Kier molecular flexibility index (Phi) is 13.6. The lowest BCUT2D eigenvalue weighted by Gasteiger charge is -1.98. The Hall–Kier alpha value is -0.790. The molecule has 0 saturated heterocycles. The Morgan fingerprint density at radius 1 is 0.833 bits per heavy atom. The molecule has 0 spiro atoms. The van der Waals surface area contributed by atoms with Gasteiger partial charge in [0.2, 0.25) is 0 Å². The molecule has 0 heterocycles. The van der Waals surface area contributed by atoms with E-state index in [0.717, 1.165) is 12.8 Å². The molecule has 0 saturated carbocycles. The maximum absolute atomic E-state index is 10.3. The van der Waals surface area contributed by atoms with Gasteiger partial charge in [0.05, 0.1) is 0 Å². The van der Waals surface area contributed by atoms with Crippen LogP contribution in [0.5, 0.6) is 0 Å². The zero-order valence-electron chi connectivity index (χ0n) is 12.0. The molecule has 0 aromatic rings. The molecule has 2 heteroatoms. The summed E-state index contributed by atoms with van der Waals surface area (Å²) in [4.78, 5) is 10.3. The number of allylic oxidation sites excluding steroid dienone is 2. The average Bonchev–Trinajstić information content (AvgIpc) is 2.34. The number of hydrogen-bond donors (Lipinski definition) is 1. The molecular weight excluding hydrogens is 240 g/mol. The summed E-state index contributed by atoms with van der Waals surface area (Å²) in [5.74, 6) is -0.666. The van der Waals surface area contributed by atoms with Crippen molar-refractivity contribution in [1.82, 2.24) is 0 Å². The van der Waals surface area contributed by atoms with Gasteiger partial charge >= 0.3 is 5.97 Å². The number of hydrogen-bond acceptors (Lipinski definition) is 1. The summed E-state index contributed by atoms with van der Waals surface area (Å²) < 4.78 is 0. The highest BCUT2D eigenvalue weighted by atomic mass is 16.5. The number of carboxylic acid groups (broad SMARTS) is 1. The van der Waals surface area contributed by atoms with Crippen molar-refractivity contribution in [3.8, 4) is 0 Å². The number of carbonyl (C=O) groups is 1. The highest BCUT2D eigenvalue weighted by Gasteiger charge is 1.95. The second-order valence-electron chi connectivity index (χ2n) is 5.02. The van der Waals surface area contributed by atoms with Gasteiger partial charge in [-0.05, 0) is 32.1 Å². The molecule has 0 aliphatic rings. The van der Waals surface area contributed by atoms with Crippen molar-refractivity contribution in [3.05, 3.63) is 12.2 Å². The van der Waals surface area contributed by atoms with Crippen molar-refractivity contribution in [1.29, 1.82) is 0 Å². The van der Waals surface area contributed by atoms with Crippen molar-refractivity contribution >= 4 is 5.97 Å². The molecule has 0 fully saturated rings. The Morgan fingerprint density at radius 3 is 1.89 bits per heavy atom. The fourth-order valence-corrected chi connectivity index (χ4v) is 1.99. The van der Waals surface area contributed by atoms with Crippen LogP contribution >= 0.6 is 0 Å². The van der Waals surface area contributed by atoms with E-state index in [1.807, 2.05) is 0 Å². The predicted molar refractivity (Wildman–Crippen MR) is 77.9 cm³/mol. The molecule has 0 radical (unpaired) electrons. The molecular formula is C16H30O2. The molecule has 2 nitrogen and oxygen atoms in total. The maximum atomic E-state index is 10.3. The Labute approximate surface area is 112 Å². The molecule has 18 heavy (non-hydrogen) atoms. The zero-order chi connectivity index (χ0) is 13.5. The minimum absolute atomic E-state index is 0.331. The standard InChI is InChI=1S/C16H30O2/c1-2-3-4-5-6-7-8-9-10-11-12-13-14-15-16(17)18/h7-8H,2-6,9-15H2,1H3,(H,17,18)/b8-7-/i1+1,2+1,3+1,4+1,5+1,6+1,7+1,8+1,9+1,10+1,11+1,12+1,13+1,14+1,15+1,16+1. The summed E-state index contributed by atoms with van der Waals surface area (Å²) in [6.07, 6.45) is 18.3. The fraction of sp³-hybridized carbons (Fsp3) is 0.812. The first kappa shape index (κ1) is 17.2. The van der Waals surface area contributed by atoms with Gasteiger partial charge in [0.25, 0.3) is 0 Å². The summed E-state index contributed by atoms with van der Waals surface area (Å²) in [6.45, 7) is 2.24. The van der Waals surface area contributed by atoms with Crippen LogP contribution in [-0.4, -0.2) is 11.1 Å². The van der Waals surface area contributed by atoms with Gasteiger partial charge in [-0.3, -0.25) is 4.79 Å². The first-order valence-electron chi connectivity index (χ1n) is 7.64. The third-order valence-corrected chi connectivity index (χ3v) is 3.15. The lowest BCUT2D eigenvalue weighted by Crippen LogP contribution is -1.93. The summed E-state index contributed by atoms with van der Waals surface area (Å²) in [5.41, 5.74) is 0. The smallest absolute Gasteiger partial charge is 0.303 e. The van der Waals surface area contributed by atoms with Crippen LogP contribution in [0.3, 0.4) is 0 Å². The van der Waals surface area contributed by atoms with Gasteiger partial charge in [0.15, 0.2) is 0 Å². The predicted octanol–water partition coefficient (Wildman–Crippen LogP) is 5.33. The quantitative estimate of drug-likeness (QED) is 0.279. The van der Waals surface area contributed by atoms with Gasteiger partial charge in [-0.2, -0.15) is 0 Å². The van der Waals surface area contributed by atoms with E-state index in [1.54, 1.807) is 0 Å². The van der Waals surface area contributed by atoms with Crippen LogP contribution < -0.4 is 0 Å². The molecule has 0 aliphatic carbocycles. The second-order valence-corrected chi connectivity index (χ2v) is 5.02. The van der Waals surface area contributed by atoms with Gasteiger partial charge in [0.1, 0.15) is 0 Å². The highest BCUT2D eigenvalue weighted by Crippen LogP contribution is 2.08. The number of aliphatic carboxylic acids is 1. The third-order valence-electron chi connectivity index (χ3n) is 3.15. The van der Waals surface area contributed by atoms with Crippen molar-refractivity contribution in [2.24, 2.45) is 0 Å². The van der Waals surface area contributed by atoms with E-state index in [9.17, 15) is 4.79 Å². The molecule has 0 unspecified atom stereocenters. The molecule has 0 rings (SSSR count). The average molecular weight is 270 g/mol. The minimum atomic E-state index is -0.666. The van der Waals surface area contributed by atoms with Crippen LogP contribution in [0.1, 0.15) is 84.0 Å². The Bertz CT molecular complexity index is 209. The molecule has 0 amide bonds. The van der Waals surface area contributed by atoms with E-state index < -0.39 is 5.97 Å². The van der Waals surface area contributed by atoms with Crippen molar-refractivity contribution in [2.45, 2.75) is 84.0 Å². The van der Waals surface area contributed by atoms with E-state index in [0.29, 0.717) is 6.42 Å². The van der Waals surface area contributed by atoms with Crippen molar-refractivity contribution in [3.63, 3.8) is 0 Å². The molecule has 0 aromatic carbocycles. The van der Waals surface area contributed by atoms with Crippen LogP contribution in [0.25, 0.3) is 0 Å². The Balaban J connectivity index is 3.06. The molecule has 0 atom stereocenters. The largest absolute Gasteiger partial charge is 0.481 e. The van der Waals surface area contributed by atoms with Gasteiger partial charge in [0, 0.05) is 6.42 Å². The fourth-order valence-electron chi connectivity index (χ4n) is 1.99. The van der Waals surface area contributed by atoms with Crippen LogP contribution in [-0.2, 0) is 4.79 Å². The topological polar surface area (TPSA) is 37.3 Å². The number of unbranched alkanes of at least 4 members (excludes halogenated alkanes) is 9. The van der Waals surface area contributed by atoms with Crippen LogP contribution in [0, 0.1) is 0 Å². The second kappa shape index (κ2) is 14.3. The first-order chi connectivity index (χ1) is 8.77. The maximum Gasteiger partial charge on any atom is 0.303 e. The van der Waals surface area contributed by atoms with Crippen molar-refractivity contribution < 1.29 is 9.90 Å². The normalized spacial score (nSPS) is 11.2. The van der Waals surface area contributed by atoms with E-state index in [1.165, 1.54) is 57.8 Å². The number of rotatable bonds is 13. The van der Waals surface area contributed by atoms with Gasteiger partial charge in [-0.15, -0.1) is 0 Å². The van der Waals surface area contributed by atoms with E-state index in [-0.39, 0.29) is 0 Å². The lowest BCUT2D eigenvalue weighted by molar-refractivity contribution is -0.137. The summed E-state index contributed by atoms with van der Waals surface area (Å²) >= 11 is 0. The molecule has 0 bridgehead atoms. The van der Waals surface area contributed by atoms with Crippen LogP contribution in [0.15, 0.2) is 12.2 Å². The summed E-state index contributed by atoms with van der Waals surface area (Å²) in [7, 11) is 0. The van der Waals surface area contributed by atoms with Gasteiger partial charge in [-0.1, -0.05) is 57.6 Å². The minimum Gasteiger partial charge on any atom is -0.481 e. The monoisotopic (exact) mass is 270 g/mol. The summed E-state index contributed by atoms with van der Waals surface area (Å²) in [5, 5.41) is 8.48. The van der Waals surface area contributed by atoms with E-state index in [4.69, 9.17) is 5.11 Å². The molecule has 1 N–H and O–H groups in total. The zero-order valence-corrected chi connectivity index (χ0v) is 12.0. The Morgan fingerprint density at radius 2 is 1.33 bits per heavy atom. The van der Waals surface area contributed by atoms with E-state index >= 15 is 0 Å². The summed E-state index contributed by atoms with van der Waals surface area (Å²) in [6, 6.07) is 0. The van der Waals surface area contributed by atoms with Gasteiger partial charge in [-0.25, -0.2) is 0 Å². The molecule has 106 valence electrons. The van der Waals surface area contributed by atoms with E-state index in [2.05, 4.69) is 19.1 Å². The van der Waals surface area contributed by atoms with Crippen LogP contribution in [0.2, 0.25) is 0 Å². The van der Waals surface area contributed by atoms with Crippen LogP contribution in [0.4, 0.5) is 0 Å². The van der Waals surface area contributed by atoms with Gasteiger partial charge < -0.3 is 5.11 Å². The number of carboxylic acids is 1. The first-order valence-corrected chi connectivity index (χ1v) is 7.64. The third kappa shape index (κ3) is 15.2. The van der Waals surface area contributed by atoms with Crippen molar-refractivity contribution in [2.75, 3.05) is 0 Å².